The van der Waals surface area contributed by atoms with E-state index in [1.54, 1.807) is 29.4 Å². The molecule has 0 radical (unpaired) electrons. The van der Waals surface area contributed by atoms with Crippen LogP contribution in [0.5, 0.6) is 0 Å². The monoisotopic (exact) mass is 281 g/mol. The molecule has 7 heteroatoms. The summed E-state index contributed by atoms with van der Waals surface area (Å²) < 4.78 is 29.7. The molecule has 0 bridgehead atoms. The minimum absolute atomic E-state index is 0.270. The van der Waals surface area contributed by atoms with Gasteiger partial charge in [0, 0.05) is 30.2 Å². The number of morpholine rings is 1. The van der Waals surface area contributed by atoms with Crippen molar-refractivity contribution in [3.63, 3.8) is 0 Å². The SMILES string of the molecule is O=S(=O)(NN1CCOCC1)c1ccc2[nH]ccc2c1. The van der Waals surface area contributed by atoms with Gasteiger partial charge in [-0.25, -0.2) is 13.4 Å². The molecular weight excluding hydrogens is 266 g/mol. The highest BCUT2D eigenvalue weighted by Gasteiger charge is 2.20. The van der Waals surface area contributed by atoms with Crippen LogP contribution in [0.3, 0.4) is 0 Å². The number of benzene rings is 1. The molecule has 2 heterocycles. The summed E-state index contributed by atoms with van der Waals surface area (Å²) in [4.78, 5) is 5.89. The maximum Gasteiger partial charge on any atom is 0.253 e. The van der Waals surface area contributed by atoms with Gasteiger partial charge in [0.2, 0.25) is 0 Å². The lowest BCUT2D eigenvalue weighted by molar-refractivity contribution is 0.0272. The van der Waals surface area contributed by atoms with Crippen molar-refractivity contribution in [3.05, 3.63) is 30.5 Å². The Balaban J connectivity index is 1.85. The van der Waals surface area contributed by atoms with Gasteiger partial charge < -0.3 is 9.72 Å². The van der Waals surface area contributed by atoms with Gasteiger partial charge in [-0.15, -0.1) is 4.83 Å². The number of aromatic nitrogens is 1. The Bertz CT molecular complexity index is 674. The minimum Gasteiger partial charge on any atom is -0.379 e. The zero-order chi connectivity index (χ0) is 13.3. The van der Waals surface area contributed by atoms with E-state index in [4.69, 9.17) is 4.74 Å². The van der Waals surface area contributed by atoms with Crippen molar-refractivity contribution in [2.75, 3.05) is 26.3 Å². The molecule has 3 rings (SSSR count). The summed E-state index contributed by atoms with van der Waals surface area (Å²) in [6.45, 7) is 2.20. The average Bonchev–Trinajstić information content (AvgIpc) is 2.86. The lowest BCUT2D eigenvalue weighted by Gasteiger charge is -2.26. The van der Waals surface area contributed by atoms with E-state index in [0.29, 0.717) is 26.3 Å². The number of fused-ring (bicyclic) bond motifs is 1. The Kier molecular flexibility index (Phi) is 3.28. The van der Waals surface area contributed by atoms with Gasteiger partial charge in [-0.3, -0.25) is 0 Å². The second kappa shape index (κ2) is 4.93. The molecular formula is C12H15N3O3S. The molecule has 0 saturated carbocycles. The van der Waals surface area contributed by atoms with Crippen molar-refractivity contribution in [1.29, 1.82) is 0 Å². The van der Waals surface area contributed by atoms with Crippen LogP contribution in [0.25, 0.3) is 10.9 Å². The minimum atomic E-state index is -3.52. The zero-order valence-electron chi connectivity index (χ0n) is 10.3. The van der Waals surface area contributed by atoms with Crippen LogP contribution in [0.4, 0.5) is 0 Å². The third-order valence-electron chi connectivity index (χ3n) is 3.10. The second-order valence-electron chi connectivity index (χ2n) is 4.42. The number of ether oxygens (including phenoxy) is 1. The molecule has 2 N–H and O–H groups in total. The highest BCUT2D eigenvalue weighted by Crippen LogP contribution is 2.18. The summed E-state index contributed by atoms with van der Waals surface area (Å²) in [5.41, 5.74) is 0.922. The van der Waals surface area contributed by atoms with E-state index >= 15 is 0 Å². The smallest absolute Gasteiger partial charge is 0.253 e. The maximum absolute atomic E-state index is 12.3. The average molecular weight is 281 g/mol. The van der Waals surface area contributed by atoms with E-state index in [0.717, 1.165) is 10.9 Å². The number of nitrogens with one attached hydrogen (secondary N) is 2. The summed E-state index contributed by atoms with van der Waals surface area (Å²) in [6.07, 6.45) is 1.79. The Morgan fingerprint density at radius 3 is 2.79 bits per heavy atom. The fourth-order valence-corrected chi connectivity index (χ4v) is 3.23. The van der Waals surface area contributed by atoms with Crippen molar-refractivity contribution < 1.29 is 13.2 Å². The molecule has 0 unspecified atom stereocenters. The Morgan fingerprint density at radius 1 is 1.21 bits per heavy atom. The quantitative estimate of drug-likeness (QED) is 0.868. The van der Waals surface area contributed by atoms with Gasteiger partial charge in [-0.1, -0.05) is 0 Å². The Labute approximate surface area is 111 Å². The van der Waals surface area contributed by atoms with Gasteiger partial charge in [-0.05, 0) is 24.3 Å². The number of hydrogen-bond acceptors (Lipinski definition) is 4. The second-order valence-corrected chi connectivity index (χ2v) is 6.08. The highest BCUT2D eigenvalue weighted by molar-refractivity contribution is 7.89. The Hall–Kier alpha value is -1.41. The molecule has 0 spiro atoms. The molecule has 102 valence electrons. The lowest BCUT2D eigenvalue weighted by atomic mass is 10.2. The number of hydrogen-bond donors (Lipinski definition) is 2. The van der Waals surface area contributed by atoms with E-state index < -0.39 is 10.0 Å². The standard InChI is InChI=1S/C12H15N3O3S/c16-19(17,14-15-5-7-18-8-6-15)11-1-2-12-10(9-11)3-4-13-12/h1-4,9,13-14H,5-8H2. The van der Waals surface area contributed by atoms with Crippen LogP contribution >= 0.6 is 0 Å². The predicted octanol–water partition coefficient (Wildman–Crippen LogP) is 0.693. The van der Waals surface area contributed by atoms with E-state index in [1.807, 2.05) is 6.07 Å². The van der Waals surface area contributed by atoms with Crippen LogP contribution < -0.4 is 4.83 Å². The molecule has 0 amide bonds. The molecule has 1 aliphatic rings. The molecule has 1 aliphatic heterocycles. The zero-order valence-corrected chi connectivity index (χ0v) is 11.1. The van der Waals surface area contributed by atoms with Crippen molar-refractivity contribution in [1.82, 2.24) is 14.8 Å². The first kappa shape index (κ1) is 12.6. The topological polar surface area (TPSA) is 74.4 Å². The summed E-state index contributed by atoms with van der Waals surface area (Å²) >= 11 is 0. The van der Waals surface area contributed by atoms with Gasteiger partial charge in [-0.2, -0.15) is 0 Å². The fraction of sp³-hybridized carbons (Fsp3) is 0.333. The summed E-state index contributed by atoms with van der Waals surface area (Å²) in [6, 6.07) is 6.88. The fourth-order valence-electron chi connectivity index (χ4n) is 2.08. The van der Waals surface area contributed by atoms with Gasteiger partial charge in [0.25, 0.3) is 10.0 Å². The largest absolute Gasteiger partial charge is 0.379 e. The van der Waals surface area contributed by atoms with Crippen LogP contribution in [-0.2, 0) is 14.8 Å². The number of hydrazine groups is 1. The molecule has 1 aromatic carbocycles. The molecule has 2 aromatic rings. The van der Waals surface area contributed by atoms with Crippen molar-refractivity contribution in [2.24, 2.45) is 0 Å². The van der Waals surface area contributed by atoms with E-state index in [1.165, 1.54) is 0 Å². The van der Waals surface area contributed by atoms with Crippen molar-refractivity contribution in [3.8, 4) is 0 Å². The number of aromatic amines is 1. The predicted molar refractivity (Wildman–Crippen MR) is 71.0 cm³/mol. The van der Waals surface area contributed by atoms with Gasteiger partial charge in [0.1, 0.15) is 0 Å². The van der Waals surface area contributed by atoms with Crippen LogP contribution in [-0.4, -0.2) is 44.7 Å². The van der Waals surface area contributed by atoms with Gasteiger partial charge >= 0.3 is 0 Å². The first-order chi connectivity index (χ1) is 9.15. The lowest BCUT2D eigenvalue weighted by Crippen LogP contribution is -2.48. The van der Waals surface area contributed by atoms with Crippen LogP contribution in [0, 0.1) is 0 Å². The maximum atomic E-state index is 12.3. The molecule has 1 saturated heterocycles. The molecule has 0 atom stereocenters. The van der Waals surface area contributed by atoms with Crippen LogP contribution in [0.2, 0.25) is 0 Å². The number of rotatable bonds is 3. The third kappa shape index (κ3) is 2.64. The summed E-state index contributed by atoms with van der Waals surface area (Å²) in [5, 5.41) is 2.55. The number of sulfonamides is 1. The Morgan fingerprint density at radius 2 is 2.00 bits per heavy atom. The van der Waals surface area contributed by atoms with Gasteiger partial charge in [0.15, 0.2) is 0 Å². The van der Waals surface area contributed by atoms with Crippen LogP contribution in [0.1, 0.15) is 0 Å². The summed E-state index contributed by atoms with van der Waals surface area (Å²) in [7, 11) is -3.52. The van der Waals surface area contributed by atoms with E-state index in [2.05, 4.69) is 9.82 Å². The van der Waals surface area contributed by atoms with E-state index in [9.17, 15) is 8.42 Å². The normalized spacial score (nSPS) is 17.9. The molecule has 19 heavy (non-hydrogen) atoms. The first-order valence-corrected chi connectivity index (χ1v) is 7.56. The first-order valence-electron chi connectivity index (χ1n) is 6.07. The van der Waals surface area contributed by atoms with Crippen molar-refractivity contribution in [2.45, 2.75) is 4.90 Å². The van der Waals surface area contributed by atoms with Crippen molar-refractivity contribution >= 4 is 20.9 Å². The van der Waals surface area contributed by atoms with Crippen LogP contribution in [0.15, 0.2) is 35.4 Å². The molecule has 6 nitrogen and oxygen atoms in total. The van der Waals surface area contributed by atoms with E-state index in [-0.39, 0.29) is 4.90 Å². The van der Waals surface area contributed by atoms with Gasteiger partial charge in [0.05, 0.1) is 18.1 Å². The molecule has 0 aliphatic carbocycles. The number of nitrogens with zero attached hydrogens (tertiary/aromatic N) is 1. The molecule has 1 aromatic heterocycles. The highest BCUT2D eigenvalue weighted by atomic mass is 32.2. The number of H-pyrrole nitrogens is 1. The third-order valence-corrected chi connectivity index (χ3v) is 4.47. The summed E-state index contributed by atoms with van der Waals surface area (Å²) in [5.74, 6) is 0. The molecule has 1 fully saturated rings.